The van der Waals surface area contributed by atoms with Gasteiger partial charge in [-0.05, 0) is 48.6 Å². The molecule has 0 aliphatic carbocycles. The molecule has 1 unspecified atom stereocenters. The fraction of sp³-hybridized carbons (Fsp3) is 0.462. The van der Waals surface area contributed by atoms with Crippen molar-refractivity contribution in [2.75, 3.05) is 13.2 Å². The molecule has 0 saturated carbocycles. The van der Waals surface area contributed by atoms with Gasteiger partial charge in [-0.1, -0.05) is 12.1 Å². The summed E-state index contributed by atoms with van der Waals surface area (Å²) in [6.45, 7) is 4.72. The highest BCUT2D eigenvalue weighted by Gasteiger charge is 2.32. The zero-order chi connectivity index (χ0) is 13.2. The van der Waals surface area contributed by atoms with Gasteiger partial charge in [0.2, 0.25) is 0 Å². The van der Waals surface area contributed by atoms with Crippen molar-refractivity contribution in [3.63, 3.8) is 0 Å². The van der Waals surface area contributed by atoms with Crippen molar-refractivity contribution in [2.45, 2.75) is 25.7 Å². The average Bonchev–Trinajstić information content (AvgIpc) is 2.66. The third kappa shape index (κ3) is 3.43. The molecule has 0 spiro atoms. The van der Waals surface area contributed by atoms with E-state index < -0.39 is 5.79 Å². The zero-order valence-electron chi connectivity index (χ0n) is 10.4. The second kappa shape index (κ2) is 5.54. The fourth-order valence-corrected chi connectivity index (χ4v) is 2.44. The van der Waals surface area contributed by atoms with Crippen LogP contribution in [0.25, 0.3) is 0 Å². The minimum absolute atomic E-state index is 0.0756. The van der Waals surface area contributed by atoms with Crippen molar-refractivity contribution in [1.29, 1.82) is 0 Å². The summed E-state index contributed by atoms with van der Waals surface area (Å²) >= 11 is 2.15. The normalized spacial score (nSPS) is 21.8. The molecule has 1 aromatic carbocycles. The van der Waals surface area contributed by atoms with E-state index >= 15 is 0 Å². The smallest absolute Gasteiger partial charge is 0.252 e. The molecule has 1 heterocycles. The van der Waals surface area contributed by atoms with Crippen LogP contribution in [0, 0.1) is 3.57 Å². The van der Waals surface area contributed by atoms with Crippen LogP contribution in [0.1, 0.15) is 24.2 Å². The van der Waals surface area contributed by atoms with Gasteiger partial charge in [0, 0.05) is 10.1 Å². The van der Waals surface area contributed by atoms with E-state index in [-0.39, 0.29) is 12.0 Å². The summed E-state index contributed by atoms with van der Waals surface area (Å²) in [5, 5.41) is 2.87. The number of rotatable bonds is 3. The van der Waals surface area contributed by atoms with Crippen molar-refractivity contribution in [3.05, 3.63) is 33.4 Å². The minimum Gasteiger partial charge on any atom is -0.349 e. The molecule has 0 aromatic heterocycles. The summed E-state index contributed by atoms with van der Waals surface area (Å²) in [6, 6.07) is 7.49. The highest BCUT2D eigenvalue weighted by molar-refractivity contribution is 14.1. The number of amides is 1. The molecule has 1 aliphatic heterocycles. The van der Waals surface area contributed by atoms with Gasteiger partial charge in [-0.15, -0.1) is 0 Å². The van der Waals surface area contributed by atoms with Gasteiger partial charge in [-0.3, -0.25) is 4.79 Å². The van der Waals surface area contributed by atoms with Crippen LogP contribution in [-0.4, -0.2) is 30.9 Å². The van der Waals surface area contributed by atoms with Gasteiger partial charge in [0.1, 0.15) is 6.10 Å². The molecule has 5 heteroatoms. The predicted molar refractivity (Wildman–Crippen MR) is 76.4 cm³/mol. The van der Waals surface area contributed by atoms with E-state index in [4.69, 9.17) is 9.47 Å². The zero-order valence-corrected chi connectivity index (χ0v) is 12.6. The Morgan fingerprint density at radius 2 is 2.22 bits per heavy atom. The van der Waals surface area contributed by atoms with Crippen LogP contribution < -0.4 is 5.32 Å². The predicted octanol–water partition coefficient (Wildman–Crippen LogP) is 2.17. The van der Waals surface area contributed by atoms with Crippen LogP contribution in [0.15, 0.2) is 24.3 Å². The summed E-state index contributed by atoms with van der Waals surface area (Å²) in [5.74, 6) is -0.621. The van der Waals surface area contributed by atoms with Crippen molar-refractivity contribution < 1.29 is 14.3 Å². The van der Waals surface area contributed by atoms with Crippen LogP contribution >= 0.6 is 22.6 Å². The largest absolute Gasteiger partial charge is 0.349 e. The quantitative estimate of drug-likeness (QED) is 0.840. The Balaban J connectivity index is 1.88. The first-order chi connectivity index (χ1) is 8.48. The first-order valence-corrected chi connectivity index (χ1v) is 6.90. The Bertz CT molecular complexity index is 448. The van der Waals surface area contributed by atoms with E-state index in [1.165, 1.54) is 0 Å². The first kappa shape index (κ1) is 13.8. The van der Waals surface area contributed by atoms with E-state index in [0.717, 1.165) is 3.57 Å². The Hall–Kier alpha value is -0.660. The maximum atomic E-state index is 12.0. The van der Waals surface area contributed by atoms with Crippen LogP contribution in [0.3, 0.4) is 0 Å². The number of nitrogens with one attached hydrogen (secondary N) is 1. The van der Waals surface area contributed by atoms with Gasteiger partial charge in [-0.2, -0.15) is 0 Å². The fourth-order valence-electron chi connectivity index (χ4n) is 1.81. The number of hydrogen-bond donors (Lipinski definition) is 1. The monoisotopic (exact) mass is 361 g/mol. The van der Waals surface area contributed by atoms with Crippen LogP contribution in [0.2, 0.25) is 0 Å². The lowest BCUT2D eigenvalue weighted by atomic mass is 10.2. The van der Waals surface area contributed by atoms with Gasteiger partial charge in [0.15, 0.2) is 5.79 Å². The number of hydrogen-bond acceptors (Lipinski definition) is 3. The lowest BCUT2D eigenvalue weighted by Crippen LogP contribution is -2.34. The molecule has 98 valence electrons. The second-order valence-corrected chi connectivity index (χ2v) is 5.80. The summed E-state index contributed by atoms with van der Waals surface area (Å²) in [4.78, 5) is 12.0. The Morgan fingerprint density at radius 3 is 2.83 bits per heavy atom. The van der Waals surface area contributed by atoms with E-state index in [1.807, 2.05) is 38.1 Å². The summed E-state index contributed by atoms with van der Waals surface area (Å²) in [5.41, 5.74) is 0.691. The van der Waals surface area contributed by atoms with E-state index in [2.05, 4.69) is 27.9 Å². The molecular formula is C13H16INO3. The number of ether oxygens (including phenoxy) is 2. The summed E-state index contributed by atoms with van der Waals surface area (Å²) < 4.78 is 12.0. The molecule has 1 aliphatic rings. The molecule has 0 radical (unpaired) electrons. The summed E-state index contributed by atoms with van der Waals surface area (Å²) in [6.07, 6.45) is -0.0784. The van der Waals surface area contributed by atoms with E-state index in [9.17, 15) is 4.79 Å². The standard InChI is InChI=1S/C13H16INO3/c1-13(2)17-8-9(18-13)7-15-12(16)10-5-3-4-6-11(10)14/h3-6,9H,7-8H2,1-2H3,(H,15,16). The third-order valence-electron chi connectivity index (χ3n) is 2.68. The van der Waals surface area contributed by atoms with E-state index in [0.29, 0.717) is 18.7 Å². The number of carbonyl (C=O) groups excluding carboxylic acids is 1. The topological polar surface area (TPSA) is 47.6 Å². The highest BCUT2D eigenvalue weighted by atomic mass is 127. The maximum absolute atomic E-state index is 12.0. The Morgan fingerprint density at radius 1 is 1.50 bits per heavy atom. The molecule has 1 aromatic rings. The Kier molecular flexibility index (Phi) is 4.24. The molecule has 1 amide bonds. The molecule has 4 nitrogen and oxygen atoms in total. The SMILES string of the molecule is CC1(C)OCC(CNC(=O)c2ccccc2I)O1. The second-order valence-electron chi connectivity index (χ2n) is 4.64. The van der Waals surface area contributed by atoms with Gasteiger partial charge in [-0.25, -0.2) is 0 Å². The van der Waals surface area contributed by atoms with Crippen molar-refractivity contribution >= 4 is 28.5 Å². The molecule has 2 rings (SSSR count). The van der Waals surface area contributed by atoms with Crippen molar-refractivity contribution in [3.8, 4) is 0 Å². The van der Waals surface area contributed by atoms with Gasteiger partial charge >= 0.3 is 0 Å². The summed E-state index contributed by atoms with van der Waals surface area (Å²) in [7, 11) is 0. The molecule has 1 N–H and O–H groups in total. The molecule has 1 atom stereocenters. The van der Waals surface area contributed by atoms with Crippen LogP contribution in [0.5, 0.6) is 0 Å². The average molecular weight is 361 g/mol. The van der Waals surface area contributed by atoms with Crippen LogP contribution in [0.4, 0.5) is 0 Å². The molecule has 18 heavy (non-hydrogen) atoms. The molecular weight excluding hydrogens is 345 g/mol. The minimum atomic E-state index is -0.545. The van der Waals surface area contributed by atoms with E-state index in [1.54, 1.807) is 0 Å². The van der Waals surface area contributed by atoms with Crippen molar-refractivity contribution in [2.24, 2.45) is 0 Å². The maximum Gasteiger partial charge on any atom is 0.252 e. The van der Waals surface area contributed by atoms with Gasteiger partial charge in [0.05, 0.1) is 12.2 Å². The lowest BCUT2D eigenvalue weighted by Gasteiger charge is -2.17. The van der Waals surface area contributed by atoms with Crippen LogP contribution in [-0.2, 0) is 9.47 Å². The first-order valence-electron chi connectivity index (χ1n) is 5.82. The third-order valence-corrected chi connectivity index (χ3v) is 3.62. The highest BCUT2D eigenvalue weighted by Crippen LogP contribution is 2.21. The molecule has 1 saturated heterocycles. The number of halogens is 1. The van der Waals surface area contributed by atoms with Gasteiger partial charge in [0.25, 0.3) is 5.91 Å². The number of carbonyl (C=O) groups is 1. The number of benzene rings is 1. The molecule has 0 bridgehead atoms. The Labute approximate surface area is 120 Å². The lowest BCUT2D eigenvalue weighted by molar-refractivity contribution is -0.137. The molecule has 1 fully saturated rings. The van der Waals surface area contributed by atoms with Gasteiger partial charge < -0.3 is 14.8 Å². The van der Waals surface area contributed by atoms with Crippen molar-refractivity contribution in [1.82, 2.24) is 5.32 Å².